The van der Waals surface area contributed by atoms with Gasteiger partial charge in [-0.25, -0.2) is 9.19 Å². The van der Waals surface area contributed by atoms with Gasteiger partial charge in [-0.05, 0) is 26.8 Å². The van der Waals surface area contributed by atoms with Gasteiger partial charge in [0.25, 0.3) is 0 Å². The molecule has 2 heterocycles. The molecule has 2 aromatic heterocycles. The SMILES string of the molecule is Cn1ncc2cc(C=N[S@](=O)C(C)(C)C)cnc21. The second-order valence-corrected chi connectivity index (χ2v) is 6.98. The highest BCUT2D eigenvalue weighted by molar-refractivity contribution is 7.85. The minimum Gasteiger partial charge on any atom is -0.250 e. The third-order valence-corrected chi connectivity index (χ3v) is 3.76. The topological polar surface area (TPSA) is 60.1 Å². The molecule has 0 aliphatic rings. The predicted octanol–water partition coefficient (Wildman–Crippen LogP) is 1.85. The van der Waals surface area contributed by atoms with Gasteiger partial charge in [0.2, 0.25) is 0 Å². The Labute approximate surface area is 109 Å². The van der Waals surface area contributed by atoms with Gasteiger partial charge in [0.05, 0.1) is 10.9 Å². The van der Waals surface area contributed by atoms with Crippen LogP contribution in [0.5, 0.6) is 0 Å². The maximum Gasteiger partial charge on any atom is 0.157 e. The molecule has 0 aromatic carbocycles. The zero-order valence-corrected chi connectivity index (χ0v) is 11.7. The van der Waals surface area contributed by atoms with Gasteiger partial charge in [-0.3, -0.25) is 4.68 Å². The molecular formula is C12H16N4OS. The molecule has 0 radical (unpaired) electrons. The molecule has 96 valence electrons. The highest BCUT2D eigenvalue weighted by Crippen LogP contribution is 2.13. The van der Waals surface area contributed by atoms with Crippen molar-refractivity contribution in [2.45, 2.75) is 25.5 Å². The van der Waals surface area contributed by atoms with Gasteiger partial charge in [-0.15, -0.1) is 0 Å². The lowest BCUT2D eigenvalue weighted by molar-refractivity contribution is 0.651. The molecule has 0 saturated heterocycles. The molecule has 5 nitrogen and oxygen atoms in total. The van der Waals surface area contributed by atoms with Crippen LogP contribution in [0.3, 0.4) is 0 Å². The average Bonchev–Trinajstić information content (AvgIpc) is 2.66. The molecular weight excluding hydrogens is 248 g/mol. The maximum atomic E-state index is 11.8. The van der Waals surface area contributed by atoms with Crippen LogP contribution in [0.15, 0.2) is 22.9 Å². The molecule has 6 heteroatoms. The Kier molecular flexibility index (Phi) is 3.30. The fourth-order valence-electron chi connectivity index (χ4n) is 1.40. The number of hydrogen-bond donors (Lipinski definition) is 0. The monoisotopic (exact) mass is 264 g/mol. The molecule has 0 fully saturated rings. The number of fused-ring (bicyclic) bond motifs is 1. The van der Waals surface area contributed by atoms with Crippen LogP contribution in [-0.2, 0) is 18.0 Å². The molecule has 0 spiro atoms. The summed E-state index contributed by atoms with van der Waals surface area (Å²) in [4.78, 5) is 4.29. The number of aryl methyl sites for hydroxylation is 1. The number of rotatable bonds is 2. The first-order valence-corrected chi connectivity index (χ1v) is 6.72. The fraction of sp³-hybridized carbons (Fsp3) is 0.417. The van der Waals surface area contributed by atoms with E-state index in [1.54, 1.807) is 23.3 Å². The third kappa shape index (κ3) is 2.64. The number of hydrogen-bond acceptors (Lipinski definition) is 3. The first kappa shape index (κ1) is 12.9. The summed E-state index contributed by atoms with van der Waals surface area (Å²) in [6, 6.07) is 1.93. The smallest absolute Gasteiger partial charge is 0.157 e. The lowest BCUT2D eigenvalue weighted by Crippen LogP contribution is -2.19. The van der Waals surface area contributed by atoms with E-state index in [9.17, 15) is 4.21 Å². The summed E-state index contributed by atoms with van der Waals surface area (Å²) in [6.45, 7) is 5.68. The largest absolute Gasteiger partial charge is 0.250 e. The number of nitrogens with zero attached hydrogens (tertiary/aromatic N) is 4. The summed E-state index contributed by atoms with van der Waals surface area (Å²) in [5, 5.41) is 5.07. The first-order chi connectivity index (χ1) is 8.38. The van der Waals surface area contributed by atoms with Gasteiger partial charge in [-0.1, -0.05) is 0 Å². The zero-order valence-electron chi connectivity index (χ0n) is 10.9. The van der Waals surface area contributed by atoms with E-state index in [1.165, 1.54) is 0 Å². The Hall–Kier alpha value is -1.56. The van der Waals surface area contributed by atoms with Crippen molar-refractivity contribution in [3.8, 4) is 0 Å². The van der Waals surface area contributed by atoms with E-state index in [1.807, 2.05) is 33.9 Å². The van der Waals surface area contributed by atoms with Gasteiger partial charge in [0, 0.05) is 30.4 Å². The second kappa shape index (κ2) is 4.61. The van der Waals surface area contributed by atoms with Crippen LogP contribution < -0.4 is 0 Å². The molecule has 18 heavy (non-hydrogen) atoms. The van der Waals surface area contributed by atoms with Crippen LogP contribution in [0.4, 0.5) is 0 Å². The van der Waals surface area contributed by atoms with E-state index >= 15 is 0 Å². The van der Waals surface area contributed by atoms with Gasteiger partial charge >= 0.3 is 0 Å². The van der Waals surface area contributed by atoms with Crippen molar-refractivity contribution in [3.63, 3.8) is 0 Å². The van der Waals surface area contributed by atoms with E-state index < -0.39 is 11.0 Å². The van der Waals surface area contributed by atoms with E-state index in [4.69, 9.17) is 0 Å². The molecule has 0 saturated carbocycles. The van der Waals surface area contributed by atoms with E-state index in [0.29, 0.717) is 0 Å². The Morgan fingerprint density at radius 3 is 2.78 bits per heavy atom. The summed E-state index contributed by atoms with van der Waals surface area (Å²) in [5.74, 6) is 0. The summed E-state index contributed by atoms with van der Waals surface area (Å²) < 4.78 is 17.2. The molecule has 2 rings (SSSR count). The van der Waals surface area contributed by atoms with Crippen molar-refractivity contribution in [3.05, 3.63) is 24.0 Å². The van der Waals surface area contributed by atoms with Crippen molar-refractivity contribution < 1.29 is 4.21 Å². The molecule has 1 atom stereocenters. The highest BCUT2D eigenvalue weighted by Gasteiger charge is 2.18. The Morgan fingerprint density at radius 2 is 2.11 bits per heavy atom. The Bertz CT molecular complexity index is 625. The number of pyridine rings is 1. The highest BCUT2D eigenvalue weighted by atomic mass is 32.2. The number of aromatic nitrogens is 3. The summed E-state index contributed by atoms with van der Waals surface area (Å²) in [6.07, 6.45) is 5.05. The summed E-state index contributed by atoms with van der Waals surface area (Å²) in [7, 11) is 0.600. The molecule has 0 amide bonds. The van der Waals surface area contributed by atoms with Crippen LogP contribution in [0.25, 0.3) is 11.0 Å². The Balaban J connectivity index is 2.27. The third-order valence-electron chi connectivity index (χ3n) is 2.41. The molecule has 0 aliphatic carbocycles. The van der Waals surface area contributed by atoms with E-state index in [2.05, 4.69) is 14.5 Å². The maximum absolute atomic E-state index is 11.8. The standard InChI is InChI=1S/C12H16N4OS/c1-12(2,3)18(17)15-7-9-5-10-8-14-16(4)11(10)13-6-9/h5-8H,1-4H3/t18-/m1/s1. The van der Waals surface area contributed by atoms with Gasteiger partial charge in [0.1, 0.15) is 11.0 Å². The van der Waals surface area contributed by atoms with Crippen LogP contribution in [0, 0.1) is 0 Å². The van der Waals surface area contributed by atoms with Crippen molar-refractivity contribution in [1.29, 1.82) is 0 Å². The van der Waals surface area contributed by atoms with E-state index in [-0.39, 0.29) is 4.75 Å². The zero-order chi connectivity index (χ0) is 13.3. The average molecular weight is 264 g/mol. The molecule has 0 aliphatic heterocycles. The van der Waals surface area contributed by atoms with Crippen molar-refractivity contribution in [2.75, 3.05) is 0 Å². The quantitative estimate of drug-likeness (QED) is 0.778. The lowest BCUT2D eigenvalue weighted by Gasteiger charge is -2.12. The van der Waals surface area contributed by atoms with Crippen LogP contribution in [0.2, 0.25) is 0 Å². The predicted molar refractivity (Wildman–Crippen MR) is 74.0 cm³/mol. The van der Waals surface area contributed by atoms with Crippen molar-refractivity contribution in [1.82, 2.24) is 14.8 Å². The summed E-state index contributed by atoms with van der Waals surface area (Å²) in [5.41, 5.74) is 1.65. The van der Waals surface area contributed by atoms with Crippen molar-refractivity contribution >= 4 is 28.2 Å². The van der Waals surface area contributed by atoms with Gasteiger partial charge in [0.15, 0.2) is 5.65 Å². The normalized spacial score (nSPS) is 14.4. The Morgan fingerprint density at radius 1 is 1.39 bits per heavy atom. The molecule has 0 N–H and O–H groups in total. The molecule has 2 aromatic rings. The first-order valence-electron chi connectivity index (χ1n) is 5.62. The molecule has 0 bridgehead atoms. The minimum atomic E-state index is -1.25. The van der Waals surface area contributed by atoms with Gasteiger partial charge in [-0.2, -0.15) is 9.50 Å². The minimum absolute atomic E-state index is 0.345. The lowest BCUT2D eigenvalue weighted by atomic mass is 10.2. The second-order valence-electron chi connectivity index (χ2n) is 5.05. The summed E-state index contributed by atoms with van der Waals surface area (Å²) >= 11 is 0. The van der Waals surface area contributed by atoms with Crippen LogP contribution >= 0.6 is 0 Å². The fourth-order valence-corrected chi connectivity index (χ4v) is 1.93. The van der Waals surface area contributed by atoms with Crippen LogP contribution in [-0.4, -0.2) is 29.9 Å². The van der Waals surface area contributed by atoms with E-state index in [0.717, 1.165) is 16.6 Å². The van der Waals surface area contributed by atoms with Crippen LogP contribution in [0.1, 0.15) is 26.3 Å². The van der Waals surface area contributed by atoms with Gasteiger partial charge < -0.3 is 0 Å². The van der Waals surface area contributed by atoms with Crippen molar-refractivity contribution in [2.24, 2.45) is 11.4 Å². The molecule has 0 unspecified atom stereocenters.